The van der Waals surface area contributed by atoms with Gasteiger partial charge < -0.3 is 21.9 Å². The number of hydrogen-bond donors (Lipinski definition) is 4. The molecule has 0 radical (unpaired) electrons. The summed E-state index contributed by atoms with van der Waals surface area (Å²) in [5.74, 6) is -8.21. The summed E-state index contributed by atoms with van der Waals surface area (Å²) < 4.78 is 67.0. The maximum Gasteiger partial charge on any atom is 0.458 e. The average molecular weight is 411 g/mol. The van der Waals surface area contributed by atoms with Crippen molar-refractivity contribution >= 4 is 23.4 Å². The highest BCUT2D eigenvalue weighted by molar-refractivity contribution is 6.41. The van der Waals surface area contributed by atoms with Crippen molar-refractivity contribution < 1.29 is 50.6 Å². The van der Waals surface area contributed by atoms with Crippen LogP contribution >= 0.6 is 0 Å². The molecule has 0 aromatic carbocycles. The summed E-state index contributed by atoms with van der Waals surface area (Å²) >= 11 is 0. The Hall–Kier alpha value is -2.22. The van der Waals surface area contributed by atoms with Gasteiger partial charge in [0.15, 0.2) is 0 Å². The molecule has 1 amide bonds. The monoisotopic (exact) mass is 411 g/mol. The smallest absolute Gasteiger partial charge is 0.458 e. The minimum Gasteiger partial charge on any atom is -0.480 e. The second kappa shape index (κ2) is 10.8. The van der Waals surface area contributed by atoms with Crippen LogP contribution in [0.4, 0.5) is 26.3 Å². The van der Waals surface area contributed by atoms with E-state index in [1.807, 2.05) is 13.8 Å². The van der Waals surface area contributed by atoms with E-state index in [1.165, 1.54) is 0 Å². The number of aliphatic carboxylic acids is 1. The first-order valence-corrected chi connectivity index (χ1v) is 7.16. The van der Waals surface area contributed by atoms with E-state index in [4.69, 9.17) is 16.6 Å². The van der Waals surface area contributed by atoms with Crippen LogP contribution in [-0.4, -0.2) is 59.5 Å². The Balaban J connectivity index is 0. The molecule has 0 spiro atoms. The molecule has 2 atom stereocenters. The SMILES string of the molecule is CC(C)C[C@H](NC(=O)[C@@H](N)CN)C(=O)O.O=C(C(=O)C(F)(F)F)C(F)(F)F. The predicted octanol–water partition coefficient (Wildman–Crippen LogP) is 0.137. The molecule has 0 aliphatic carbocycles. The minimum absolute atomic E-state index is 0.000148. The molecule has 0 aliphatic rings. The van der Waals surface area contributed by atoms with Gasteiger partial charge in [-0.3, -0.25) is 14.4 Å². The molecule has 0 bridgehead atoms. The van der Waals surface area contributed by atoms with Crippen LogP contribution in [0.2, 0.25) is 0 Å². The Bertz CT molecular complexity index is 524. The van der Waals surface area contributed by atoms with Crippen molar-refractivity contribution in [2.75, 3.05) is 6.54 Å². The zero-order chi connectivity index (χ0) is 22.2. The molecule has 158 valence electrons. The van der Waals surface area contributed by atoms with Gasteiger partial charge in [-0.2, -0.15) is 26.3 Å². The Morgan fingerprint density at radius 1 is 0.963 bits per heavy atom. The quantitative estimate of drug-likeness (QED) is 0.343. The van der Waals surface area contributed by atoms with Crippen molar-refractivity contribution in [1.29, 1.82) is 0 Å². The van der Waals surface area contributed by atoms with E-state index in [1.54, 1.807) is 0 Å². The van der Waals surface area contributed by atoms with Crippen LogP contribution in [0, 0.1) is 5.92 Å². The van der Waals surface area contributed by atoms with Crippen molar-refractivity contribution in [3.8, 4) is 0 Å². The molecular formula is C13H19F6N3O5. The Morgan fingerprint density at radius 2 is 1.33 bits per heavy atom. The second-order valence-electron chi connectivity index (χ2n) is 5.52. The zero-order valence-corrected chi connectivity index (χ0v) is 14.1. The molecule has 0 unspecified atom stereocenters. The van der Waals surface area contributed by atoms with Gasteiger partial charge in [-0.25, -0.2) is 4.79 Å². The van der Waals surface area contributed by atoms with E-state index in [0.717, 1.165) is 0 Å². The molecular weight excluding hydrogens is 392 g/mol. The number of rotatable bonds is 7. The van der Waals surface area contributed by atoms with Crippen LogP contribution in [0.15, 0.2) is 0 Å². The van der Waals surface area contributed by atoms with Crippen LogP contribution in [0.25, 0.3) is 0 Å². The molecule has 27 heavy (non-hydrogen) atoms. The predicted molar refractivity (Wildman–Crippen MR) is 78.2 cm³/mol. The lowest BCUT2D eigenvalue weighted by molar-refractivity contribution is -0.193. The van der Waals surface area contributed by atoms with Crippen molar-refractivity contribution in [1.82, 2.24) is 5.32 Å². The number of carboxylic acids is 1. The van der Waals surface area contributed by atoms with Crippen LogP contribution < -0.4 is 16.8 Å². The number of nitrogens with two attached hydrogens (primary N) is 2. The number of hydrogen-bond acceptors (Lipinski definition) is 6. The Kier molecular flexibility index (Phi) is 10.8. The number of nitrogens with one attached hydrogen (secondary N) is 1. The summed E-state index contributed by atoms with van der Waals surface area (Å²) in [5.41, 5.74) is 10.6. The summed E-state index contributed by atoms with van der Waals surface area (Å²) in [7, 11) is 0. The van der Waals surface area contributed by atoms with Crippen LogP contribution in [0.1, 0.15) is 20.3 Å². The lowest BCUT2D eigenvalue weighted by Crippen LogP contribution is -2.51. The van der Waals surface area contributed by atoms with E-state index in [-0.39, 0.29) is 12.5 Å². The molecule has 0 saturated heterocycles. The standard InChI is InChI=1S/C9H19N3O3.C4F6O2/c1-5(2)3-7(9(14)15)12-8(13)6(11)4-10;5-3(6,7)1(11)2(12)4(8,9)10/h5-7H,3-4,10-11H2,1-2H3,(H,12,13)(H,14,15);/t6-,7-;/m0./s1. The molecule has 0 fully saturated rings. The van der Waals surface area contributed by atoms with Gasteiger partial charge in [-0.15, -0.1) is 0 Å². The van der Waals surface area contributed by atoms with E-state index in [0.29, 0.717) is 6.42 Å². The third kappa shape index (κ3) is 11.2. The fraction of sp³-hybridized carbons (Fsp3) is 0.692. The lowest BCUT2D eigenvalue weighted by atomic mass is 10.0. The van der Waals surface area contributed by atoms with Crippen LogP contribution in [-0.2, 0) is 19.2 Å². The average Bonchev–Trinajstić information content (AvgIpc) is 2.50. The maximum atomic E-state index is 11.3. The van der Waals surface area contributed by atoms with Gasteiger partial charge in [0, 0.05) is 6.54 Å². The lowest BCUT2D eigenvalue weighted by Gasteiger charge is -2.18. The highest BCUT2D eigenvalue weighted by Crippen LogP contribution is 2.23. The van der Waals surface area contributed by atoms with Gasteiger partial charge in [0.1, 0.15) is 6.04 Å². The molecule has 14 heteroatoms. The van der Waals surface area contributed by atoms with Gasteiger partial charge in [-0.1, -0.05) is 13.8 Å². The topological polar surface area (TPSA) is 153 Å². The molecule has 6 N–H and O–H groups in total. The first-order valence-electron chi connectivity index (χ1n) is 7.16. The van der Waals surface area contributed by atoms with Gasteiger partial charge in [0.05, 0.1) is 6.04 Å². The summed E-state index contributed by atoms with van der Waals surface area (Å²) in [6.45, 7) is 3.76. The normalized spacial score (nSPS) is 13.9. The van der Waals surface area contributed by atoms with E-state index in [9.17, 15) is 45.5 Å². The fourth-order valence-corrected chi connectivity index (χ4v) is 1.34. The molecule has 0 aromatic heterocycles. The van der Waals surface area contributed by atoms with E-state index in [2.05, 4.69) is 5.32 Å². The van der Waals surface area contributed by atoms with Crippen LogP contribution in [0.3, 0.4) is 0 Å². The number of amides is 1. The number of halogens is 6. The van der Waals surface area contributed by atoms with Crippen molar-refractivity contribution in [2.24, 2.45) is 17.4 Å². The Labute approximate surface area is 149 Å². The zero-order valence-electron chi connectivity index (χ0n) is 14.1. The van der Waals surface area contributed by atoms with Crippen LogP contribution in [0.5, 0.6) is 0 Å². The maximum absolute atomic E-state index is 11.3. The third-order valence-corrected chi connectivity index (χ3v) is 2.63. The van der Waals surface area contributed by atoms with Gasteiger partial charge in [0.25, 0.3) is 0 Å². The molecule has 0 saturated carbocycles. The first-order chi connectivity index (χ1) is 11.9. The number of carbonyl (C=O) groups is 4. The summed E-state index contributed by atoms with van der Waals surface area (Å²) in [5, 5.41) is 11.2. The van der Waals surface area contributed by atoms with Crippen molar-refractivity contribution in [3.05, 3.63) is 0 Å². The largest absolute Gasteiger partial charge is 0.480 e. The molecule has 8 nitrogen and oxygen atoms in total. The number of carboxylic acid groups (broad SMARTS) is 1. The number of Topliss-reactive ketones (excluding diaryl/α,β-unsaturated/α-hetero) is 2. The molecule has 0 aromatic rings. The highest BCUT2D eigenvalue weighted by atomic mass is 19.4. The highest BCUT2D eigenvalue weighted by Gasteiger charge is 2.54. The first kappa shape index (κ1) is 27.0. The van der Waals surface area contributed by atoms with E-state index >= 15 is 0 Å². The number of alkyl halides is 6. The van der Waals surface area contributed by atoms with Crippen molar-refractivity contribution in [3.63, 3.8) is 0 Å². The van der Waals surface area contributed by atoms with Crippen molar-refractivity contribution in [2.45, 2.75) is 44.7 Å². The second-order valence-corrected chi connectivity index (χ2v) is 5.52. The van der Waals surface area contributed by atoms with Gasteiger partial charge in [0.2, 0.25) is 5.91 Å². The fourth-order valence-electron chi connectivity index (χ4n) is 1.34. The minimum atomic E-state index is -5.77. The molecule has 0 heterocycles. The Morgan fingerprint density at radius 3 is 1.56 bits per heavy atom. The molecule has 0 rings (SSSR count). The number of ketones is 2. The summed E-state index contributed by atoms with van der Waals surface area (Å²) in [6.07, 6.45) is -11.2. The molecule has 0 aliphatic heterocycles. The van der Waals surface area contributed by atoms with E-state index < -0.39 is 47.9 Å². The summed E-state index contributed by atoms with van der Waals surface area (Å²) in [6, 6.07) is -1.74. The third-order valence-electron chi connectivity index (χ3n) is 2.63. The van der Waals surface area contributed by atoms with Gasteiger partial charge in [-0.05, 0) is 12.3 Å². The van der Waals surface area contributed by atoms with Gasteiger partial charge >= 0.3 is 29.9 Å². The summed E-state index contributed by atoms with van der Waals surface area (Å²) in [4.78, 5) is 41.3. The number of carbonyl (C=O) groups excluding carboxylic acids is 3.